The molecule has 0 aromatic carbocycles. The van der Waals surface area contributed by atoms with Gasteiger partial charge in [-0.1, -0.05) is 12.8 Å². The maximum atomic E-state index is 12.8. The van der Waals surface area contributed by atoms with Crippen molar-refractivity contribution < 1.29 is 4.79 Å². The molecule has 2 saturated heterocycles. The second-order valence-electron chi connectivity index (χ2n) is 7.34. The molecule has 0 radical (unpaired) electrons. The van der Waals surface area contributed by atoms with Gasteiger partial charge in [0.05, 0.1) is 5.41 Å². The van der Waals surface area contributed by atoms with E-state index in [0.29, 0.717) is 11.3 Å². The van der Waals surface area contributed by atoms with Crippen molar-refractivity contribution in [2.45, 2.75) is 58.3 Å². The molecule has 1 atom stereocenters. The van der Waals surface area contributed by atoms with Crippen molar-refractivity contribution in [1.29, 1.82) is 0 Å². The zero-order valence-corrected chi connectivity index (χ0v) is 12.3. The number of nitrogens with one attached hydrogen (secondary N) is 1. The molecule has 1 aliphatic carbocycles. The van der Waals surface area contributed by atoms with Gasteiger partial charge in [0.2, 0.25) is 5.91 Å². The molecule has 108 valence electrons. The van der Waals surface area contributed by atoms with Crippen LogP contribution in [0.5, 0.6) is 0 Å². The highest BCUT2D eigenvalue weighted by Crippen LogP contribution is 2.46. The largest absolute Gasteiger partial charge is 0.342 e. The van der Waals surface area contributed by atoms with Crippen LogP contribution in [0.3, 0.4) is 0 Å². The molecule has 1 N–H and O–H groups in total. The van der Waals surface area contributed by atoms with Gasteiger partial charge in [0.25, 0.3) is 0 Å². The SMILES string of the molecule is CC1(C(=O)N2CCC3(CCCC3)CC2)CCCNC1. The van der Waals surface area contributed by atoms with Gasteiger partial charge in [-0.25, -0.2) is 0 Å². The van der Waals surface area contributed by atoms with Crippen LogP contribution in [0.2, 0.25) is 0 Å². The van der Waals surface area contributed by atoms with Crippen LogP contribution >= 0.6 is 0 Å². The van der Waals surface area contributed by atoms with Crippen LogP contribution < -0.4 is 5.32 Å². The summed E-state index contributed by atoms with van der Waals surface area (Å²) in [6, 6.07) is 0. The Bertz CT molecular complexity index is 331. The highest BCUT2D eigenvalue weighted by Gasteiger charge is 2.42. The number of likely N-dealkylation sites (tertiary alicyclic amines) is 1. The third kappa shape index (κ3) is 2.54. The first-order valence-corrected chi connectivity index (χ1v) is 8.14. The second-order valence-corrected chi connectivity index (χ2v) is 7.34. The third-order valence-electron chi connectivity index (χ3n) is 5.89. The molecular weight excluding hydrogens is 236 g/mol. The lowest BCUT2D eigenvalue weighted by atomic mass is 9.75. The van der Waals surface area contributed by atoms with Crippen LogP contribution in [0.15, 0.2) is 0 Å². The van der Waals surface area contributed by atoms with Gasteiger partial charge in [-0.05, 0) is 57.4 Å². The summed E-state index contributed by atoms with van der Waals surface area (Å²) in [5.74, 6) is 0.410. The minimum atomic E-state index is -0.140. The van der Waals surface area contributed by atoms with Gasteiger partial charge in [-0.15, -0.1) is 0 Å². The van der Waals surface area contributed by atoms with Crippen LogP contribution in [-0.4, -0.2) is 37.0 Å². The predicted octanol–water partition coefficient (Wildman–Crippen LogP) is 2.56. The van der Waals surface area contributed by atoms with Crippen LogP contribution in [0, 0.1) is 10.8 Å². The molecule has 0 aromatic rings. The fourth-order valence-electron chi connectivity index (χ4n) is 4.43. The average molecular weight is 264 g/mol. The first-order chi connectivity index (χ1) is 9.14. The number of piperidine rings is 2. The normalized spacial score (nSPS) is 34.7. The van der Waals surface area contributed by atoms with E-state index in [9.17, 15) is 4.79 Å². The minimum absolute atomic E-state index is 0.140. The van der Waals surface area contributed by atoms with Gasteiger partial charge in [-0.2, -0.15) is 0 Å². The van der Waals surface area contributed by atoms with E-state index in [0.717, 1.165) is 39.0 Å². The van der Waals surface area contributed by atoms with Crippen molar-refractivity contribution in [3.63, 3.8) is 0 Å². The molecule has 3 rings (SSSR count). The lowest BCUT2D eigenvalue weighted by molar-refractivity contribution is -0.144. The van der Waals surface area contributed by atoms with E-state index in [-0.39, 0.29) is 5.41 Å². The minimum Gasteiger partial charge on any atom is -0.342 e. The summed E-state index contributed by atoms with van der Waals surface area (Å²) in [6.07, 6.45) is 10.3. The number of amides is 1. The fraction of sp³-hybridized carbons (Fsp3) is 0.938. The van der Waals surface area contributed by atoms with Gasteiger partial charge in [0.15, 0.2) is 0 Å². The summed E-state index contributed by atoms with van der Waals surface area (Å²) in [5.41, 5.74) is 0.473. The number of nitrogens with zero attached hydrogens (tertiary/aromatic N) is 1. The second kappa shape index (κ2) is 5.08. The van der Waals surface area contributed by atoms with E-state index < -0.39 is 0 Å². The zero-order chi connectivity index (χ0) is 13.3. The van der Waals surface area contributed by atoms with E-state index in [4.69, 9.17) is 0 Å². The van der Waals surface area contributed by atoms with E-state index in [1.807, 2.05) is 0 Å². The summed E-state index contributed by atoms with van der Waals surface area (Å²) >= 11 is 0. The molecule has 3 fully saturated rings. The van der Waals surface area contributed by atoms with E-state index in [1.165, 1.54) is 38.5 Å². The Kier molecular flexibility index (Phi) is 3.59. The van der Waals surface area contributed by atoms with Crippen molar-refractivity contribution in [1.82, 2.24) is 10.2 Å². The molecule has 3 heteroatoms. The molecule has 2 heterocycles. The number of hydrogen-bond acceptors (Lipinski definition) is 2. The maximum absolute atomic E-state index is 12.8. The third-order valence-corrected chi connectivity index (χ3v) is 5.89. The molecule has 1 saturated carbocycles. The summed E-state index contributed by atoms with van der Waals surface area (Å²) in [5, 5.41) is 3.40. The standard InChI is InChI=1S/C16H28N2O/c1-15(5-4-10-17-13-15)14(19)18-11-8-16(9-12-18)6-2-3-7-16/h17H,2-13H2,1H3. The zero-order valence-electron chi connectivity index (χ0n) is 12.3. The number of rotatable bonds is 1. The maximum Gasteiger partial charge on any atom is 0.229 e. The predicted molar refractivity (Wildman–Crippen MR) is 76.9 cm³/mol. The Labute approximate surface area is 117 Å². The van der Waals surface area contributed by atoms with Crippen molar-refractivity contribution in [2.24, 2.45) is 10.8 Å². The molecule has 3 aliphatic rings. The van der Waals surface area contributed by atoms with E-state index >= 15 is 0 Å². The lowest BCUT2D eigenvalue weighted by Gasteiger charge is -2.43. The van der Waals surface area contributed by atoms with Gasteiger partial charge in [-0.3, -0.25) is 4.79 Å². The Morgan fingerprint density at radius 1 is 1.00 bits per heavy atom. The Morgan fingerprint density at radius 2 is 1.68 bits per heavy atom. The van der Waals surface area contributed by atoms with Crippen molar-refractivity contribution >= 4 is 5.91 Å². The molecule has 1 unspecified atom stereocenters. The average Bonchev–Trinajstić information content (AvgIpc) is 2.88. The van der Waals surface area contributed by atoms with Crippen molar-refractivity contribution in [3.05, 3.63) is 0 Å². The summed E-state index contributed by atoms with van der Waals surface area (Å²) in [4.78, 5) is 14.9. The van der Waals surface area contributed by atoms with E-state index in [2.05, 4.69) is 17.1 Å². The summed E-state index contributed by atoms with van der Waals surface area (Å²) in [6.45, 7) is 6.11. The number of carbonyl (C=O) groups excluding carboxylic acids is 1. The van der Waals surface area contributed by atoms with Crippen LogP contribution in [0.4, 0.5) is 0 Å². The Morgan fingerprint density at radius 3 is 2.26 bits per heavy atom. The molecular formula is C16H28N2O. The molecule has 1 spiro atoms. The monoisotopic (exact) mass is 264 g/mol. The van der Waals surface area contributed by atoms with Crippen LogP contribution in [0.1, 0.15) is 58.3 Å². The van der Waals surface area contributed by atoms with E-state index in [1.54, 1.807) is 0 Å². The molecule has 19 heavy (non-hydrogen) atoms. The molecule has 1 amide bonds. The first kappa shape index (κ1) is 13.4. The van der Waals surface area contributed by atoms with Crippen LogP contribution in [-0.2, 0) is 4.79 Å². The Balaban J connectivity index is 1.60. The Hall–Kier alpha value is -0.570. The highest BCUT2D eigenvalue weighted by atomic mass is 16.2. The summed E-state index contributed by atoms with van der Waals surface area (Å²) in [7, 11) is 0. The highest BCUT2D eigenvalue weighted by molar-refractivity contribution is 5.82. The lowest BCUT2D eigenvalue weighted by Crippen LogP contribution is -2.53. The van der Waals surface area contributed by atoms with Gasteiger partial charge in [0.1, 0.15) is 0 Å². The van der Waals surface area contributed by atoms with Crippen molar-refractivity contribution in [2.75, 3.05) is 26.2 Å². The van der Waals surface area contributed by atoms with Gasteiger partial charge in [0, 0.05) is 19.6 Å². The first-order valence-electron chi connectivity index (χ1n) is 8.14. The number of carbonyl (C=O) groups is 1. The molecule has 0 bridgehead atoms. The van der Waals surface area contributed by atoms with Gasteiger partial charge < -0.3 is 10.2 Å². The molecule has 3 nitrogen and oxygen atoms in total. The smallest absolute Gasteiger partial charge is 0.229 e. The number of hydrogen-bond donors (Lipinski definition) is 1. The van der Waals surface area contributed by atoms with Crippen LogP contribution in [0.25, 0.3) is 0 Å². The molecule has 2 aliphatic heterocycles. The summed E-state index contributed by atoms with van der Waals surface area (Å²) < 4.78 is 0. The molecule has 0 aromatic heterocycles. The quantitative estimate of drug-likeness (QED) is 0.789. The topological polar surface area (TPSA) is 32.3 Å². The van der Waals surface area contributed by atoms with Gasteiger partial charge >= 0.3 is 0 Å². The fourth-order valence-corrected chi connectivity index (χ4v) is 4.43. The van der Waals surface area contributed by atoms with Crippen molar-refractivity contribution in [3.8, 4) is 0 Å².